The molecule has 144 valence electrons. The highest BCUT2D eigenvalue weighted by Crippen LogP contribution is 2.17. The van der Waals surface area contributed by atoms with Crippen LogP contribution in [0.1, 0.15) is 38.7 Å². The molecule has 26 heavy (non-hydrogen) atoms. The second-order valence-electron chi connectivity index (χ2n) is 6.76. The maximum atomic E-state index is 12.3. The van der Waals surface area contributed by atoms with Gasteiger partial charge in [-0.05, 0) is 23.6 Å². The van der Waals surface area contributed by atoms with Gasteiger partial charge in [0.1, 0.15) is 0 Å². The van der Waals surface area contributed by atoms with E-state index in [1.54, 1.807) is 34.1 Å². The number of nitrogens with one attached hydrogen (secondary N) is 1. The number of rotatable bonds is 6. The second-order valence-corrected chi connectivity index (χ2v) is 8.53. The van der Waals surface area contributed by atoms with Crippen LogP contribution in [0, 0.1) is 0 Å². The highest BCUT2D eigenvalue weighted by molar-refractivity contribution is 7.89. The van der Waals surface area contributed by atoms with Crippen LogP contribution in [0.4, 0.5) is 0 Å². The second kappa shape index (κ2) is 8.64. The molecule has 2 rings (SSSR count). The van der Waals surface area contributed by atoms with Gasteiger partial charge in [0.05, 0.1) is 4.90 Å². The summed E-state index contributed by atoms with van der Waals surface area (Å²) in [4.78, 5) is 27.1. The summed E-state index contributed by atoms with van der Waals surface area (Å²) in [6, 6.07) is 6.78. The van der Waals surface area contributed by atoms with E-state index in [1.807, 2.05) is 13.8 Å². The van der Waals surface area contributed by atoms with Crippen molar-refractivity contribution >= 4 is 21.8 Å². The summed E-state index contributed by atoms with van der Waals surface area (Å²) in [6.45, 7) is 7.68. The van der Waals surface area contributed by atoms with Gasteiger partial charge < -0.3 is 9.80 Å². The molecule has 0 spiro atoms. The minimum Gasteiger partial charge on any atom is -0.339 e. The van der Waals surface area contributed by atoms with E-state index >= 15 is 0 Å². The average molecular weight is 381 g/mol. The Morgan fingerprint density at radius 2 is 1.58 bits per heavy atom. The first-order chi connectivity index (χ1) is 12.2. The Balaban J connectivity index is 1.82. The first-order valence-electron chi connectivity index (χ1n) is 8.83. The maximum Gasteiger partial charge on any atom is 0.240 e. The summed E-state index contributed by atoms with van der Waals surface area (Å²) in [5.74, 6) is 0.236. The molecule has 0 unspecified atom stereocenters. The lowest BCUT2D eigenvalue weighted by molar-refractivity contribution is -0.138. The van der Waals surface area contributed by atoms with Crippen molar-refractivity contribution in [2.75, 3.05) is 32.7 Å². The van der Waals surface area contributed by atoms with Gasteiger partial charge in [0.15, 0.2) is 0 Å². The standard InChI is InChI=1S/C18H27N3O4S/c1-14(2)16-4-6-17(7-5-16)26(24,25)19-9-8-18(23)21-12-10-20(11-13-21)15(3)22/h4-7,14,19H,8-13H2,1-3H3. The number of hydrogen-bond acceptors (Lipinski definition) is 4. The van der Waals surface area contributed by atoms with Gasteiger partial charge in [-0.2, -0.15) is 0 Å². The normalized spacial score (nSPS) is 15.4. The SMILES string of the molecule is CC(=O)N1CCN(C(=O)CCNS(=O)(=O)c2ccc(C(C)C)cc2)CC1. The quantitative estimate of drug-likeness (QED) is 0.801. The zero-order chi connectivity index (χ0) is 19.3. The van der Waals surface area contributed by atoms with Crippen LogP contribution in [-0.2, 0) is 19.6 Å². The number of hydrogen-bond donors (Lipinski definition) is 1. The monoisotopic (exact) mass is 381 g/mol. The molecule has 2 amide bonds. The Morgan fingerprint density at radius 1 is 1.04 bits per heavy atom. The van der Waals surface area contributed by atoms with Crippen LogP contribution < -0.4 is 4.72 Å². The maximum absolute atomic E-state index is 12.3. The van der Waals surface area contributed by atoms with Crippen LogP contribution in [-0.4, -0.2) is 62.8 Å². The van der Waals surface area contributed by atoms with Crippen LogP contribution in [0.25, 0.3) is 0 Å². The number of sulfonamides is 1. The van der Waals surface area contributed by atoms with E-state index in [1.165, 1.54) is 6.92 Å². The van der Waals surface area contributed by atoms with E-state index in [9.17, 15) is 18.0 Å². The smallest absolute Gasteiger partial charge is 0.240 e. The number of benzene rings is 1. The molecule has 1 fully saturated rings. The minimum atomic E-state index is -3.62. The Kier molecular flexibility index (Phi) is 6.77. The lowest BCUT2D eigenvalue weighted by Gasteiger charge is -2.34. The predicted molar refractivity (Wildman–Crippen MR) is 99.2 cm³/mol. The van der Waals surface area contributed by atoms with Gasteiger partial charge >= 0.3 is 0 Å². The Hall–Kier alpha value is -1.93. The van der Waals surface area contributed by atoms with Crippen molar-refractivity contribution in [1.29, 1.82) is 0 Å². The topological polar surface area (TPSA) is 86.8 Å². The molecule has 0 saturated carbocycles. The number of piperazine rings is 1. The van der Waals surface area contributed by atoms with Crippen LogP contribution in [0.2, 0.25) is 0 Å². The van der Waals surface area contributed by atoms with Gasteiger partial charge in [0, 0.05) is 46.1 Å². The van der Waals surface area contributed by atoms with E-state index in [2.05, 4.69) is 4.72 Å². The van der Waals surface area contributed by atoms with E-state index < -0.39 is 10.0 Å². The minimum absolute atomic E-state index is 0.00773. The van der Waals surface area contributed by atoms with Crippen molar-refractivity contribution in [3.05, 3.63) is 29.8 Å². The fourth-order valence-corrected chi connectivity index (χ4v) is 3.87. The zero-order valence-electron chi connectivity index (χ0n) is 15.6. The average Bonchev–Trinajstić information content (AvgIpc) is 2.61. The lowest BCUT2D eigenvalue weighted by Crippen LogP contribution is -2.50. The first-order valence-corrected chi connectivity index (χ1v) is 10.3. The van der Waals surface area contributed by atoms with Gasteiger partial charge in [0.2, 0.25) is 21.8 Å². The molecule has 0 atom stereocenters. The molecule has 1 aromatic rings. The number of carbonyl (C=O) groups is 2. The summed E-state index contributed by atoms with van der Waals surface area (Å²) in [5, 5.41) is 0. The van der Waals surface area contributed by atoms with Crippen molar-refractivity contribution < 1.29 is 18.0 Å². The third kappa shape index (κ3) is 5.28. The van der Waals surface area contributed by atoms with Crippen molar-refractivity contribution in [3.63, 3.8) is 0 Å². The predicted octanol–water partition coefficient (Wildman–Crippen LogP) is 1.17. The molecule has 0 bridgehead atoms. The number of amides is 2. The van der Waals surface area contributed by atoms with Gasteiger partial charge in [-0.25, -0.2) is 13.1 Å². The molecule has 1 heterocycles. The molecule has 8 heteroatoms. The van der Waals surface area contributed by atoms with Gasteiger partial charge in [-0.3, -0.25) is 9.59 Å². The number of nitrogens with zero attached hydrogens (tertiary/aromatic N) is 2. The summed E-state index contributed by atoms with van der Waals surface area (Å²) >= 11 is 0. The van der Waals surface area contributed by atoms with Crippen LogP contribution in [0.15, 0.2) is 29.2 Å². The first kappa shape index (κ1) is 20.4. The summed E-state index contributed by atoms with van der Waals surface area (Å²) in [5.41, 5.74) is 1.07. The molecule has 1 aliphatic rings. The fourth-order valence-electron chi connectivity index (χ4n) is 2.84. The molecule has 1 saturated heterocycles. The summed E-state index contributed by atoms with van der Waals surface area (Å²) < 4.78 is 27.1. The third-order valence-corrected chi connectivity index (χ3v) is 6.04. The zero-order valence-corrected chi connectivity index (χ0v) is 16.4. The lowest BCUT2D eigenvalue weighted by atomic mass is 10.0. The van der Waals surface area contributed by atoms with Crippen molar-refractivity contribution in [3.8, 4) is 0 Å². The summed E-state index contributed by atoms with van der Waals surface area (Å²) in [6.07, 6.45) is 0.101. The molecule has 0 aromatic heterocycles. The largest absolute Gasteiger partial charge is 0.339 e. The van der Waals surface area contributed by atoms with Crippen molar-refractivity contribution in [2.45, 2.75) is 38.0 Å². The molecule has 1 aliphatic heterocycles. The van der Waals surface area contributed by atoms with E-state index in [4.69, 9.17) is 0 Å². The van der Waals surface area contributed by atoms with Crippen molar-refractivity contribution in [2.24, 2.45) is 0 Å². The van der Waals surface area contributed by atoms with E-state index in [-0.39, 0.29) is 29.7 Å². The van der Waals surface area contributed by atoms with Crippen LogP contribution >= 0.6 is 0 Å². The molecular formula is C18H27N3O4S. The highest BCUT2D eigenvalue weighted by Gasteiger charge is 2.22. The van der Waals surface area contributed by atoms with Gasteiger partial charge in [0.25, 0.3) is 0 Å². The van der Waals surface area contributed by atoms with Gasteiger partial charge in [-0.1, -0.05) is 26.0 Å². The van der Waals surface area contributed by atoms with E-state index in [0.717, 1.165) is 5.56 Å². The highest BCUT2D eigenvalue weighted by atomic mass is 32.2. The van der Waals surface area contributed by atoms with Crippen LogP contribution in [0.3, 0.4) is 0 Å². The summed E-state index contributed by atoms with van der Waals surface area (Å²) in [7, 11) is -3.62. The number of carbonyl (C=O) groups excluding carboxylic acids is 2. The molecule has 7 nitrogen and oxygen atoms in total. The Morgan fingerprint density at radius 3 is 2.08 bits per heavy atom. The Labute approximate surface area is 155 Å². The van der Waals surface area contributed by atoms with E-state index in [0.29, 0.717) is 32.1 Å². The fraction of sp³-hybridized carbons (Fsp3) is 0.556. The molecule has 1 aromatic carbocycles. The molecule has 0 aliphatic carbocycles. The molecule has 1 N–H and O–H groups in total. The third-order valence-electron chi connectivity index (χ3n) is 4.57. The Bertz CT molecular complexity index is 736. The van der Waals surface area contributed by atoms with Gasteiger partial charge in [-0.15, -0.1) is 0 Å². The van der Waals surface area contributed by atoms with Crippen molar-refractivity contribution in [1.82, 2.24) is 14.5 Å². The molecular weight excluding hydrogens is 354 g/mol. The molecule has 0 radical (unpaired) electrons. The van der Waals surface area contributed by atoms with Crippen LogP contribution in [0.5, 0.6) is 0 Å².